The van der Waals surface area contributed by atoms with Gasteiger partial charge in [-0.15, -0.1) is 0 Å². The molecule has 1 heterocycles. The lowest BCUT2D eigenvalue weighted by Crippen LogP contribution is -2.49. The number of ether oxygens (including phenoxy) is 1. The van der Waals surface area contributed by atoms with Crippen molar-refractivity contribution in [2.75, 3.05) is 18.5 Å². The first-order valence-corrected chi connectivity index (χ1v) is 6.15. The van der Waals surface area contributed by atoms with Crippen molar-refractivity contribution in [1.29, 1.82) is 0 Å². The Morgan fingerprint density at radius 3 is 2.63 bits per heavy atom. The van der Waals surface area contributed by atoms with Gasteiger partial charge >= 0.3 is 6.61 Å². The van der Waals surface area contributed by atoms with Gasteiger partial charge in [-0.2, -0.15) is 8.78 Å². The molecule has 19 heavy (non-hydrogen) atoms. The molecule has 1 fully saturated rings. The fourth-order valence-corrected chi connectivity index (χ4v) is 2.21. The molecule has 1 aromatic carbocycles. The number of halogens is 2. The van der Waals surface area contributed by atoms with Gasteiger partial charge in [-0.1, -0.05) is 0 Å². The van der Waals surface area contributed by atoms with Gasteiger partial charge in [-0.05, 0) is 44.2 Å². The molecule has 1 atom stereocenters. The lowest BCUT2D eigenvalue weighted by Gasteiger charge is -2.32. The standard InChI is InChI=1S/C13H16F2N2O2/c1-16-11-3-2-8-17(12(11)18)9-4-6-10(7-5-9)19-13(14)15/h4-7,11,13,16H,2-3,8H2,1H3. The summed E-state index contributed by atoms with van der Waals surface area (Å²) < 4.78 is 28.4. The molecule has 4 nitrogen and oxygen atoms in total. The molecule has 0 radical (unpaired) electrons. The van der Waals surface area contributed by atoms with Crippen LogP contribution >= 0.6 is 0 Å². The van der Waals surface area contributed by atoms with Crippen LogP contribution in [0, 0.1) is 0 Å². The number of piperidine rings is 1. The van der Waals surface area contributed by atoms with Gasteiger partial charge in [-0.3, -0.25) is 4.79 Å². The van der Waals surface area contributed by atoms with Gasteiger partial charge in [0.1, 0.15) is 5.75 Å². The molecule has 0 spiro atoms. The number of likely N-dealkylation sites (N-methyl/N-ethyl adjacent to an activating group) is 1. The minimum Gasteiger partial charge on any atom is -0.435 e. The number of nitrogens with one attached hydrogen (secondary N) is 1. The summed E-state index contributed by atoms with van der Waals surface area (Å²) in [4.78, 5) is 13.8. The van der Waals surface area contributed by atoms with Crippen molar-refractivity contribution in [3.63, 3.8) is 0 Å². The first kappa shape index (κ1) is 13.7. The van der Waals surface area contributed by atoms with Gasteiger partial charge in [0.15, 0.2) is 0 Å². The smallest absolute Gasteiger partial charge is 0.387 e. The number of hydrogen-bond donors (Lipinski definition) is 1. The van der Waals surface area contributed by atoms with Crippen molar-refractivity contribution in [2.24, 2.45) is 0 Å². The minimum atomic E-state index is -2.84. The Kier molecular flexibility index (Phi) is 4.31. The SMILES string of the molecule is CNC1CCCN(c2ccc(OC(F)F)cc2)C1=O. The Bertz CT molecular complexity index is 437. The molecule has 1 aliphatic rings. The van der Waals surface area contributed by atoms with Crippen LogP contribution in [-0.2, 0) is 4.79 Å². The highest BCUT2D eigenvalue weighted by Crippen LogP contribution is 2.24. The van der Waals surface area contributed by atoms with Crippen LogP contribution in [0.2, 0.25) is 0 Å². The topological polar surface area (TPSA) is 41.6 Å². The maximum Gasteiger partial charge on any atom is 0.387 e. The van der Waals surface area contributed by atoms with E-state index in [9.17, 15) is 13.6 Å². The molecule has 1 aromatic rings. The van der Waals surface area contributed by atoms with Gasteiger partial charge in [0, 0.05) is 12.2 Å². The highest BCUT2D eigenvalue weighted by Gasteiger charge is 2.28. The van der Waals surface area contributed by atoms with Crippen molar-refractivity contribution < 1.29 is 18.3 Å². The average molecular weight is 270 g/mol. The zero-order chi connectivity index (χ0) is 13.8. The van der Waals surface area contributed by atoms with Crippen LogP contribution in [0.1, 0.15) is 12.8 Å². The van der Waals surface area contributed by atoms with E-state index in [1.807, 2.05) is 0 Å². The fraction of sp³-hybridized carbons (Fsp3) is 0.462. The number of rotatable bonds is 4. The first-order valence-electron chi connectivity index (χ1n) is 6.15. The Labute approximate surface area is 110 Å². The quantitative estimate of drug-likeness (QED) is 0.910. The molecule has 104 valence electrons. The Hall–Kier alpha value is -1.69. The lowest BCUT2D eigenvalue weighted by atomic mass is 10.0. The average Bonchev–Trinajstić information content (AvgIpc) is 2.39. The van der Waals surface area contributed by atoms with Crippen molar-refractivity contribution in [1.82, 2.24) is 5.32 Å². The minimum absolute atomic E-state index is 0.0104. The molecule has 1 aliphatic heterocycles. The van der Waals surface area contributed by atoms with E-state index in [0.29, 0.717) is 12.2 Å². The number of carbonyl (C=O) groups excluding carboxylic acids is 1. The highest BCUT2D eigenvalue weighted by atomic mass is 19.3. The van der Waals surface area contributed by atoms with E-state index in [-0.39, 0.29) is 17.7 Å². The Morgan fingerprint density at radius 2 is 2.05 bits per heavy atom. The van der Waals surface area contributed by atoms with Crippen molar-refractivity contribution in [2.45, 2.75) is 25.5 Å². The maximum absolute atomic E-state index is 12.1. The fourth-order valence-electron chi connectivity index (χ4n) is 2.21. The van der Waals surface area contributed by atoms with E-state index in [4.69, 9.17) is 0 Å². The van der Waals surface area contributed by atoms with Crippen LogP contribution in [0.4, 0.5) is 14.5 Å². The number of alkyl halides is 2. The number of benzene rings is 1. The van der Waals surface area contributed by atoms with Gasteiger partial charge in [0.25, 0.3) is 0 Å². The van der Waals surface area contributed by atoms with E-state index in [0.717, 1.165) is 12.8 Å². The van der Waals surface area contributed by atoms with E-state index >= 15 is 0 Å². The molecule has 1 unspecified atom stereocenters. The molecule has 0 aliphatic carbocycles. The monoisotopic (exact) mass is 270 g/mol. The summed E-state index contributed by atoms with van der Waals surface area (Å²) in [6, 6.07) is 5.95. The zero-order valence-corrected chi connectivity index (χ0v) is 10.6. The number of anilines is 1. The summed E-state index contributed by atoms with van der Waals surface area (Å²) in [5.41, 5.74) is 0.701. The molecule has 1 N–H and O–H groups in total. The zero-order valence-electron chi connectivity index (χ0n) is 10.6. The van der Waals surface area contributed by atoms with Crippen molar-refractivity contribution in [3.05, 3.63) is 24.3 Å². The van der Waals surface area contributed by atoms with E-state index in [2.05, 4.69) is 10.1 Å². The van der Waals surface area contributed by atoms with E-state index in [1.54, 1.807) is 24.1 Å². The summed E-state index contributed by atoms with van der Waals surface area (Å²) in [6.45, 7) is -2.19. The number of nitrogens with zero attached hydrogens (tertiary/aromatic N) is 1. The van der Waals surface area contributed by atoms with Gasteiger partial charge in [-0.25, -0.2) is 0 Å². The molecular weight excluding hydrogens is 254 g/mol. The molecule has 0 aromatic heterocycles. The van der Waals surface area contributed by atoms with Crippen LogP contribution in [0.15, 0.2) is 24.3 Å². The van der Waals surface area contributed by atoms with E-state index in [1.165, 1.54) is 12.1 Å². The Balaban J connectivity index is 2.11. The molecule has 2 rings (SSSR count). The van der Waals surface area contributed by atoms with Crippen LogP contribution < -0.4 is 15.0 Å². The summed E-state index contributed by atoms with van der Waals surface area (Å²) in [7, 11) is 1.76. The summed E-state index contributed by atoms with van der Waals surface area (Å²) in [6.07, 6.45) is 1.73. The summed E-state index contributed by atoms with van der Waals surface area (Å²) >= 11 is 0. The van der Waals surface area contributed by atoms with Crippen LogP contribution in [-0.4, -0.2) is 32.2 Å². The lowest BCUT2D eigenvalue weighted by molar-refractivity contribution is -0.121. The molecule has 1 amide bonds. The number of hydrogen-bond acceptors (Lipinski definition) is 3. The third kappa shape index (κ3) is 3.20. The van der Waals surface area contributed by atoms with Gasteiger partial charge < -0.3 is 15.0 Å². The summed E-state index contributed by atoms with van der Waals surface area (Å²) in [5, 5.41) is 2.98. The third-order valence-electron chi connectivity index (χ3n) is 3.16. The van der Waals surface area contributed by atoms with Crippen molar-refractivity contribution >= 4 is 11.6 Å². The third-order valence-corrected chi connectivity index (χ3v) is 3.16. The van der Waals surface area contributed by atoms with Crippen molar-refractivity contribution in [3.8, 4) is 5.75 Å². The normalized spacial score (nSPS) is 19.9. The number of carbonyl (C=O) groups is 1. The molecule has 0 bridgehead atoms. The van der Waals surface area contributed by atoms with E-state index < -0.39 is 6.61 Å². The molecule has 6 heteroatoms. The first-order chi connectivity index (χ1) is 9.11. The molecule has 0 saturated carbocycles. The van der Waals surface area contributed by atoms with Crippen LogP contribution in [0.3, 0.4) is 0 Å². The Morgan fingerprint density at radius 1 is 1.37 bits per heavy atom. The predicted octanol–water partition coefficient (Wildman–Crippen LogP) is 2.00. The van der Waals surface area contributed by atoms with Gasteiger partial charge in [0.2, 0.25) is 5.91 Å². The maximum atomic E-state index is 12.1. The van der Waals surface area contributed by atoms with Gasteiger partial charge in [0.05, 0.1) is 6.04 Å². The van der Waals surface area contributed by atoms with Crippen LogP contribution in [0.25, 0.3) is 0 Å². The largest absolute Gasteiger partial charge is 0.435 e. The highest BCUT2D eigenvalue weighted by molar-refractivity contribution is 5.97. The van der Waals surface area contributed by atoms with Crippen LogP contribution in [0.5, 0.6) is 5.75 Å². The second-order valence-electron chi connectivity index (χ2n) is 4.35. The summed E-state index contributed by atoms with van der Waals surface area (Å²) in [5.74, 6) is 0.102. The molecular formula is C13H16F2N2O2. The second-order valence-corrected chi connectivity index (χ2v) is 4.35. The molecule has 1 saturated heterocycles. The number of amides is 1. The predicted molar refractivity (Wildman–Crippen MR) is 67.5 cm³/mol. The second kappa shape index (κ2) is 5.97.